The predicted octanol–water partition coefficient (Wildman–Crippen LogP) is 2.98. The van der Waals surface area contributed by atoms with E-state index in [0.29, 0.717) is 17.0 Å². The van der Waals surface area contributed by atoms with Crippen molar-refractivity contribution in [2.24, 2.45) is 0 Å². The Hall–Kier alpha value is -2.56. The smallest absolute Gasteiger partial charge is 0.255 e. The third-order valence-corrected chi connectivity index (χ3v) is 2.95. The van der Waals surface area contributed by atoms with E-state index in [1.807, 2.05) is 0 Å². The van der Waals surface area contributed by atoms with Crippen molar-refractivity contribution in [3.8, 4) is 5.75 Å². The maximum absolute atomic E-state index is 13.6. The highest BCUT2D eigenvalue weighted by atomic mass is 19.1. The van der Waals surface area contributed by atoms with Gasteiger partial charge in [0.1, 0.15) is 11.6 Å². The van der Waals surface area contributed by atoms with Gasteiger partial charge in [0, 0.05) is 17.3 Å². The van der Waals surface area contributed by atoms with Crippen LogP contribution in [0, 0.1) is 12.7 Å². The molecule has 0 fully saturated rings. The Morgan fingerprint density at radius 1 is 1.25 bits per heavy atom. The number of carbonyl (C=O) groups is 1. The van der Waals surface area contributed by atoms with Crippen molar-refractivity contribution in [3.05, 3.63) is 53.3 Å². The molecule has 0 saturated heterocycles. The number of hydrogen-bond donors (Lipinski definition) is 2. The summed E-state index contributed by atoms with van der Waals surface area (Å²) in [6.07, 6.45) is 0. The van der Waals surface area contributed by atoms with E-state index in [2.05, 4.69) is 5.32 Å². The average molecular weight is 274 g/mol. The summed E-state index contributed by atoms with van der Waals surface area (Å²) in [6, 6.07) is 9.04. The Labute approximate surface area is 116 Å². The molecule has 0 spiro atoms. The Bertz CT molecular complexity index is 656. The summed E-state index contributed by atoms with van der Waals surface area (Å²) in [5.41, 5.74) is 7.58. The van der Waals surface area contributed by atoms with Gasteiger partial charge in [-0.15, -0.1) is 0 Å². The van der Waals surface area contributed by atoms with E-state index in [1.165, 1.54) is 25.3 Å². The number of carbonyl (C=O) groups excluding carboxylic acids is 1. The number of hydrogen-bond acceptors (Lipinski definition) is 3. The first-order chi connectivity index (χ1) is 9.51. The van der Waals surface area contributed by atoms with Gasteiger partial charge in [-0.2, -0.15) is 0 Å². The van der Waals surface area contributed by atoms with Gasteiger partial charge < -0.3 is 15.8 Å². The number of nitrogen functional groups attached to an aromatic ring is 1. The summed E-state index contributed by atoms with van der Waals surface area (Å²) in [5.74, 6) is -0.457. The van der Waals surface area contributed by atoms with Crippen LogP contribution in [0.25, 0.3) is 0 Å². The van der Waals surface area contributed by atoms with Crippen LogP contribution in [0.1, 0.15) is 15.9 Å². The van der Waals surface area contributed by atoms with E-state index < -0.39 is 11.7 Å². The van der Waals surface area contributed by atoms with Gasteiger partial charge in [-0.05, 0) is 42.8 Å². The van der Waals surface area contributed by atoms with Crippen LogP contribution in [0.5, 0.6) is 5.75 Å². The number of amides is 1. The molecule has 0 bridgehead atoms. The van der Waals surface area contributed by atoms with Gasteiger partial charge in [0.25, 0.3) is 5.91 Å². The van der Waals surface area contributed by atoms with Crippen LogP contribution in [0.2, 0.25) is 0 Å². The topological polar surface area (TPSA) is 64.3 Å². The molecule has 2 aromatic rings. The van der Waals surface area contributed by atoms with Gasteiger partial charge in [-0.1, -0.05) is 0 Å². The molecule has 0 aromatic heterocycles. The van der Waals surface area contributed by atoms with E-state index >= 15 is 0 Å². The second kappa shape index (κ2) is 5.61. The standard InChI is InChI=1S/C15H15FN2O2/c1-9-7-10(3-6-13(9)17)15(19)18-14-8-11(20-2)4-5-12(14)16/h3-8H,17H2,1-2H3,(H,18,19). The Morgan fingerprint density at radius 3 is 2.65 bits per heavy atom. The largest absolute Gasteiger partial charge is 0.497 e. The number of benzene rings is 2. The van der Waals surface area contributed by atoms with Crippen molar-refractivity contribution in [3.63, 3.8) is 0 Å². The number of aryl methyl sites for hydroxylation is 1. The summed E-state index contributed by atoms with van der Waals surface area (Å²) < 4.78 is 18.6. The van der Waals surface area contributed by atoms with Crippen molar-refractivity contribution in [1.29, 1.82) is 0 Å². The molecule has 2 rings (SSSR count). The molecule has 0 unspecified atom stereocenters. The second-order valence-corrected chi connectivity index (χ2v) is 4.37. The van der Waals surface area contributed by atoms with Crippen molar-refractivity contribution in [2.75, 3.05) is 18.2 Å². The quantitative estimate of drug-likeness (QED) is 0.846. The van der Waals surface area contributed by atoms with Gasteiger partial charge in [0.2, 0.25) is 0 Å². The number of methoxy groups -OCH3 is 1. The molecule has 4 nitrogen and oxygen atoms in total. The molecule has 5 heteroatoms. The zero-order valence-corrected chi connectivity index (χ0v) is 11.2. The van der Waals surface area contributed by atoms with Gasteiger partial charge in [-0.25, -0.2) is 4.39 Å². The number of rotatable bonds is 3. The number of nitrogens with two attached hydrogens (primary N) is 1. The molecular weight excluding hydrogens is 259 g/mol. The summed E-state index contributed by atoms with van der Waals surface area (Å²) in [5, 5.41) is 2.51. The Morgan fingerprint density at radius 2 is 2.00 bits per heavy atom. The van der Waals surface area contributed by atoms with Crippen molar-refractivity contribution in [2.45, 2.75) is 6.92 Å². The van der Waals surface area contributed by atoms with Crippen molar-refractivity contribution >= 4 is 17.3 Å². The molecule has 1 amide bonds. The third kappa shape index (κ3) is 2.88. The van der Waals surface area contributed by atoms with Crippen molar-refractivity contribution < 1.29 is 13.9 Å². The fourth-order valence-electron chi connectivity index (χ4n) is 1.74. The van der Waals surface area contributed by atoms with Crippen LogP contribution < -0.4 is 15.8 Å². The maximum Gasteiger partial charge on any atom is 0.255 e. The zero-order valence-electron chi connectivity index (χ0n) is 11.2. The lowest BCUT2D eigenvalue weighted by Gasteiger charge is -2.09. The van der Waals surface area contributed by atoms with Crippen LogP contribution in [0.3, 0.4) is 0 Å². The predicted molar refractivity (Wildman–Crippen MR) is 76.5 cm³/mol. The lowest BCUT2D eigenvalue weighted by molar-refractivity contribution is 0.102. The maximum atomic E-state index is 13.6. The highest BCUT2D eigenvalue weighted by molar-refractivity contribution is 6.04. The molecule has 0 atom stereocenters. The van der Waals surface area contributed by atoms with Crippen LogP contribution in [0.15, 0.2) is 36.4 Å². The molecule has 2 aromatic carbocycles. The minimum absolute atomic E-state index is 0.0730. The molecule has 0 aliphatic carbocycles. The third-order valence-electron chi connectivity index (χ3n) is 2.95. The molecule has 20 heavy (non-hydrogen) atoms. The molecule has 0 aliphatic rings. The van der Waals surface area contributed by atoms with Crippen LogP contribution in [0.4, 0.5) is 15.8 Å². The Balaban J connectivity index is 2.25. The fourth-order valence-corrected chi connectivity index (χ4v) is 1.74. The first kappa shape index (κ1) is 13.9. The lowest BCUT2D eigenvalue weighted by Crippen LogP contribution is -2.13. The van der Waals surface area contributed by atoms with E-state index in [4.69, 9.17) is 10.5 Å². The molecule has 3 N–H and O–H groups in total. The molecule has 0 heterocycles. The molecular formula is C15H15FN2O2. The van der Waals surface area contributed by atoms with Crippen LogP contribution in [-0.4, -0.2) is 13.0 Å². The van der Waals surface area contributed by atoms with E-state index in [9.17, 15) is 9.18 Å². The van der Waals surface area contributed by atoms with E-state index in [0.717, 1.165) is 5.56 Å². The first-order valence-corrected chi connectivity index (χ1v) is 6.02. The summed E-state index contributed by atoms with van der Waals surface area (Å²) in [7, 11) is 1.47. The monoisotopic (exact) mass is 274 g/mol. The normalized spacial score (nSPS) is 10.2. The summed E-state index contributed by atoms with van der Waals surface area (Å²) >= 11 is 0. The molecule has 0 aliphatic heterocycles. The average Bonchev–Trinajstić information content (AvgIpc) is 2.44. The number of nitrogens with one attached hydrogen (secondary N) is 1. The first-order valence-electron chi connectivity index (χ1n) is 6.02. The fraction of sp³-hybridized carbons (Fsp3) is 0.133. The van der Waals surface area contributed by atoms with E-state index in [1.54, 1.807) is 25.1 Å². The Kier molecular flexibility index (Phi) is 3.89. The number of ether oxygens (including phenoxy) is 1. The number of anilines is 2. The van der Waals surface area contributed by atoms with Crippen molar-refractivity contribution in [1.82, 2.24) is 0 Å². The van der Waals surface area contributed by atoms with Gasteiger partial charge in [0.05, 0.1) is 12.8 Å². The molecule has 0 radical (unpaired) electrons. The summed E-state index contributed by atoms with van der Waals surface area (Å²) in [6.45, 7) is 1.80. The lowest BCUT2D eigenvalue weighted by atomic mass is 10.1. The zero-order chi connectivity index (χ0) is 14.7. The minimum atomic E-state index is -0.522. The highest BCUT2D eigenvalue weighted by Gasteiger charge is 2.11. The van der Waals surface area contributed by atoms with E-state index in [-0.39, 0.29) is 5.69 Å². The van der Waals surface area contributed by atoms with Gasteiger partial charge in [0.15, 0.2) is 0 Å². The SMILES string of the molecule is COc1ccc(F)c(NC(=O)c2ccc(N)c(C)c2)c1. The molecule has 104 valence electrons. The highest BCUT2D eigenvalue weighted by Crippen LogP contribution is 2.22. The molecule has 0 saturated carbocycles. The van der Waals surface area contributed by atoms with Gasteiger partial charge >= 0.3 is 0 Å². The number of halogens is 1. The van der Waals surface area contributed by atoms with Gasteiger partial charge in [-0.3, -0.25) is 4.79 Å². The van der Waals surface area contributed by atoms with Crippen LogP contribution in [-0.2, 0) is 0 Å². The summed E-state index contributed by atoms with van der Waals surface area (Å²) in [4.78, 5) is 12.1. The minimum Gasteiger partial charge on any atom is -0.497 e. The van der Waals surface area contributed by atoms with Crippen LogP contribution >= 0.6 is 0 Å². The second-order valence-electron chi connectivity index (χ2n) is 4.37.